The average molecular weight is 244 g/mol. The summed E-state index contributed by atoms with van der Waals surface area (Å²) in [6.07, 6.45) is 0.573. The van der Waals surface area contributed by atoms with Crippen LogP contribution in [0.4, 0.5) is 0 Å². The third-order valence-corrected chi connectivity index (χ3v) is 3.20. The Morgan fingerprint density at radius 1 is 1.53 bits per heavy atom. The number of nitrogens with one attached hydrogen (secondary N) is 2. The van der Waals surface area contributed by atoms with E-state index in [-0.39, 0.29) is 30.0 Å². The third-order valence-electron chi connectivity index (χ3n) is 3.20. The zero-order valence-corrected chi connectivity index (χ0v) is 10.9. The Morgan fingerprint density at radius 3 is 2.59 bits per heavy atom. The second-order valence-corrected chi connectivity index (χ2v) is 5.79. The van der Waals surface area contributed by atoms with Crippen molar-refractivity contribution in [1.29, 1.82) is 0 Å². The molecule has 5 nitrogen and oxygen atoms in total. The molecule has 3 atom stereocenters. The molecule has 4 N–H and O–H groups in total. The Kier molecular flexibility index (Phi) is 4.91. The van der Waals surface area contributed by atoms with Gasteiger partial charge in [-0.2, -0.15) is 0 Å². The molecule has 0 spiro atoms. The van der Waals surface area contributed by atoms with E-state index in [2.05, 4.69) is 10.6 Å². The van der Waals surface area contributed by atoms with Crippen LogP contribution in [0.5, 0.6) is 0 Å². The van der Waals surface area contributed by atoms with Gasteiger partial charge >= 0.3 is 0 Å². The molecule has 1 aliphatic rings. The molecule has 1 saturated heterocycles. The van der Waals surface area contributed by atoms with Crippen LogP contribution in [0.3, 0.4) is 0 Å². The number of β-amino-alcohol motifs (C(OH)–C–C–N with tert-alkyl or cyclic N) is 1. The summed E-state index contributed by atoms with van der Waals surface area (Å²) in [5.41, 5.74) is -0.0877. The predicted octanol–water partition coefficient (Wildman–Crippen LogP) is -0.377. The number of rotatable bonds is 4. The number of carbonyl (C=O) groups is 1. The molecule has 0 aliphatic carbocycles. The van der Waals surface area contributed by atoms with Crippen molar-refractivity contribution in [3.05, 3.63) is 0 Å². The molecule has 0 aromatic carbocycles. The fraction of sp³-hybridized carbons (Fsp3) is 0.917. The van der Waals surface area contributed by atoms with E-state index >= 15 is 0 Å². The SMILES string of the molecule is CC(C)(C)C(CCO)NC(=O)C1CC(O)CN1. The van der Waals surface area contributed by atoms with Crippen LogP contribution < -0.4 is 10.6 Å². The molecule has 1 heterocycles. The van der Waals surface area contributed by atoms with E-state index in [1.165, 1.54) is 0 Å². The van der Waals surface area contributed by atoms with Crippen molar-refractivity contribution in [3.8, 4) is 0 Å². The number of hydrogen-bond donors (Lipinski definition) is 4. The lowest BCUT2D eigenvalue weighted by Gasteiger charge is -2.32. The average Bonchev–Trinajstić information content (AvgIpc) is 2.62. The van der Waals surface area contributed by atoms with Crippen LogP contribution in [0, 0.1) is 5.41 Å². The van der Waals surface area contributed by atoms with Crippen molar-refractivity contribution < 1.29 is 15.0 Å². The smallest absolute Gasteiger partial charge is 0.237 e. The lowest BCUT2D eigenvalue weighted by molar-refractivity contribution is -0.124. The molecule has 5 heteroatoms. The van der Waals surface area contributed by atoms with Gasteiger partial charge in [0.2, 0.25) is 5.91 Å². The van der Waals surface area contributed by atoms with Crippen molar-refractivity contribution in [2.45, 2.75) is 51.8 Å². The normalized spacial score (nSPS) is 26.9. The fourth-order valence-corrected chi connectivity index (χ4v) is 2.04. The molecule has 1 amide bonds. The topological polar surface area (TPSA) is 81.6 Å². The van der Waals surface area contributed by atoms with E-state index in [0.717, 1.165) is 0 Å². The molecule has 17 heavy (non-hydrogen) atoms. The van der Waals surface area contributed by atoms with Crippen LogP contribution in [0.1, 0.15) is 33.6 Å². The lowest BCUT2D eigenvalue weighted by Crippen LogP contribution is -2.50. The second-order valence-electron chi connectivity index (χ2n) is 5.79. The number of aliphatic hydroxyl groups excluding tert-OH is 2. The molecule has 0 saturated carbocycles. The Hall–Kier alpha value is -0.650. The fourth-order valence-electron chi connectivity index (χ4n) is 2.04. The summed E-state index contributed by atoms with van der Waals surface area (Å²) in [6.45, 7) is 6.63. The van der Waals surface area contributed by atoms with E-state index < -0.39 is 6.10 Å². The number of carbonyl (C=O) groups excluding carboxylic acids is 1. The highest BCUT2D eigenvalue weighted by Gasteiger charge is 2.32. The Balaban J connectivity index is 2.52. The highest BCUT2D eigenvalue weighted by molar-refractivity contribution is 5.82. The molecule has 1 rings (SSSR count). The molecule has 0 bridgehead atoms. The van der Waals surface area contributed by atoms with Crippen LogP contribution >= 0.6 is 0 Å². The zero-order chi connectivity index (χ0) is 13.1. The summed E-state index contributed by atoms with van der Waals surface area (Å²) in [5, 5.41) is 24.3. The molecular weight excluding hydrogens is 220 g/mol. The second kappa shape index (κ2) is 5.80. The first-order valence-corrected chi connectivity index (χ1v) is 6.17. The van der Waals surface area contributed by atoms with E-state index in [0.29, 0.717) is 19.4 Å². The maximum atomic E-state index is 12.0. The van der Waals surface area contributed by atoms with Gasteiger partial charge in [-0.05, 0) is 18.3 Å². The minimum absolute atomic E-state index is 0.0560. The summed E-state index contributed by atoms with van der Waals surface area (Å²) in [7, 11) is 0. The highest BCUT2D eigenvalue weighted by Crippen LogP contribution is 2.22. The van der Waals surface area contributed by atoms with Crippen molar-refractivity contribution in [1.82, 2.24) is 10.6 Å². The predicted molar refractivity (Wildman–Crippen MR) is 65.5 cm³/mol. The number of hydrogen-bond acceptors (Lipinski definition) is 4. The van der Waals surface area contributed by atoms with Gasteiger partial charge in [0, 0.05) is 19.2 Å². The van der Waals surface area contributed by atoms with Gasteiger partial charge in [-0.25, -0.2) is 0 Å². The molecule has 0 radical (unpaired) electrons. The lowest BCUT2D eigenvalue weighted by atomic mass is 9.84. The Bertz CT molecular complexity index is 263. The highest BCUT2D eigenvalue weighted by atomic mass is 16.3. The quantitative estimate of drug-likeness (QED) is 0.543. The Morgan fingerprint density at radius 2 is 2.18 bits per heavy atom. The van der Waals surface area contributed by atoms with Gasteiger partial charge < -0.3 is 20.8 Å². The van der Waals surface area contributed by atoms with Gasteiger partial charge in [0.25, 0.3) is 0 Å². The van der Waals surface area contributed by atoms with Crippen LogP contribution in [0.2, 0.25) is 0 Å². The monoisotopic (exact) mass is 244 g/mol. The van der Waals surface area contributed by atoms with E-state index in [4.69, 9.17) is 5.11 Å². The van der Waals surface area contributed by atoms with Crippen molar-refractivity contribution in [2.75, 3.05) is 13.2 Å². The molecule has 100 valence electrons. The summed E-state index contributed by atoms with van der Waals surface area (Å²) in [5.74, 6) is -0.0880. The van der Waals surface area contributed by atoms with Gasteiger partial charge in [-0.1, -0.05) is 20.8 Å². The minimum Gasteiger partial charge on any atom is -0.396 e. The molecule has 1 fully saturated rings. The summed E-state index contributed by atoms with van der Waals surface area (Å²) in [4.78, 5) is 12.0. The van der Waals surface area contributed by atoms with Crippen LogP contribution in [-0.2, 0) is 4.79 Å². The van der Waals surface area contributed by atoms with E-state index in [1.807, 2.05) is 20.8 Å². The van der Waals surface area contributed by atoms with Crippen LogP contribution in [0.15, 0.2) is 0 Å². The van der Waals surface area contributed by atoms with Crippen molar-refractivity contribution in [3.63, 3.8) is 0 Å². The summed E-state index contributed by atoms with van der Waals surface area (Å²) in [6, 6.07) is -0.368. The molecular formula is C12H24N2O3. The standard InChI is InChI=1S/C12H24N2O3/c1-12(2,3)10(4-5-15)14-11(17)9-6-8(16)7-13-9/h8-10,13,15-16H,4-7H2,1-3H3,(H,14,17). The molecule has 0 aromatic heterocycles. The summed E-state index contributed by atoms with van der Waals surface area (Å²) < 4.78 is 0. The molecule has 0 aromatic rings. The van der Waals surface area contributed by atoms with Gasteiger partial charge in [0.15, 0.2) is 0 Å². The van der Waals surface area contributed by atoms with Gasteiger partial charge in [-0.15, -0.1) is 0 Å². The largest absolute Gasteiger partial charge is 0.396 e. The number of amides is 1. The number of aliphatic hydroxyl groups is 2. The van der Waals surface area contributed by atoms with Gasteiger partial charge in [0.1, 0.15) is 0 Å². The van der Waals surface area contributed by atoms with Crippen LogP contribution in [0.25, 0.3) is 0 Å². The van der Waals surface area contributed by atoms with E-state index in [1.54, 1.807) is 0 Å². The zero-order valence-electron chi connectivity index (χ0n) is 10.9. The Labute approximate surface area is 103 Å². The molecule has 1 aliphatic heterocycles. The van der Waals surface area contributed by atoms with E-state index in [9.17, 15) is 9.90 Å². The summed E-state index contributed by atoms with van der Waals surface area (Å²) >= 11 is 0. The first kappa shape index (κ1) is 14.4. The van der Waals surface area contributed by atoms with Crippen LogP contribution in [-0.4, -0.2) is 47.5 Å². The van der Waals surface area contributed by atoms with Gasteiger partial charge in [0.05, 0.1) is 12.1 Å². The first-order valence-electron chi connectivity index (χ1n) is 6.17. The van der Waals surface area contributed by atoms with Crippen molar-refractivity contribution in [2.24, 2.45) is 5.41 Å². The van der Waals surface area contributed by atoms with Gasteiger partial charge in [-0.3, -0.25) is 4.79 Å². The maximum Gasteiger partial charge on any atom is 0.237 e. The molecule has 3 unspecified atom stereocenters. The third kappa shape index (κ3) is 4.26. The maximum absolute atomic E-state index is 12.0. The first-order chi connectivity index (χ1) is 7.84. The minimum atomic E-state index is -0.434. The van der Waals surface area contributed by atoms with Crippen molar-refractivity contribution >= 4 is 5.91 Å².